The van der Waals surface area contributed by atoms with Crippen LogP contribution in [0.5, 0.6) is 0 Å². The van der Waals surface area contributed by atoms with Gasteiger partial charge in [-0.15, -0.1) is 0 Å². The maximum absolute atomic E-state index is 5.63. The zero-order chi connectivity index (χ0) is 14.7. The van der Waals surface area contributed by atoms with Gasteiger partial charge in [-0.2, -0.15) is 0 Å². The predicted molar refractivity (Wildman–Crippen MR) is 86.7 cm³/mol. The van der Waals surface area contributed by atoms with Gasteiger partial charge in [-0.1, -0.05) is 44.2 Å². The Morgan fingerprint density at radius 1 is 1.14 bits per heavy atom. The second kappa shape index (κ2) is 6.00. The second-order valence-electron chi connectivity index (χ2n) is 5.34. The molecule has 108 valence electrons. The molecule has 1 N–H and O–H groups in total. The van der Waals surface area contributed by atoms with Gasteiger partial charge < -0.3 is 9.73 Å². The fraction of sp³-hybridized carbons (Fsp3) is 0.278. The van der Waals surface area contributed by atoms with Crippen molar-refractivity contribution in [3.8, 4) is 0 Å². The average Bonchev–Trinajstić information content (AvgIpc) is 2.95. The zero-order valence-corrected chi connectivity index (χ0v) is 12.5. The van der Waals surface area contributed by atoms with Crippen molar-refractivity contribution in [1.82, 2.24) is 4.98 Å². The summed E-state index contributed by atoms with van der Waals surface area (Å²) < 4.78 is 5.63. The normalized spacial score (nSPS) is 12.5. The fourth-order valence-corrected chi connectivity index (χ4v) is 2.41. The van der Waals surface area contributed by atoms with E-state index in [0.717, 1.165) is 35.6 Å². The van der Waals surface area contributed by atoms with Gasteiger partial charge >= 0.3 is 0 Å². The number of rotatable bonds is 5. The first-order valence-electron chi connectivity index (χ1n) is 7.44. The lowest BCUT2D eigenvalue weighted by Crippen LogP contribution is -2.09. The van der Waals surface area contributed by atoms with E-state index in [4.69, 9.17) is 4.42 Å². The zero-order valence-electron chi connectivity index (χ0n) is 12.5. The van der Waals surface area contributed by atoms with Crippen LogP contribution in [0.15, 0.2) is 52.9 Å². The number of aromatic nitrogens is 1. The van der Waals surface area contributed by atoms with Gasteiger partial charge in [0.05, 0.1) is 0 Å². The van der Waals surface area contributed by atoms with Crippen molar-refractivity contribution < 1.29 is 4.42 Å². The molecule has 0 bridgehead atoms. The maximum atomic E-state index is 5.63. The van der Waals surface area contributed by atoms with Crippen molar-refractivity contribution in [2.75, 3.05) is 11.9 Å². The Balaban J connectivity index is 1.70. The van der Waals surface area contributed by atoms with E-state index in [1.807, 2.05) is 25.1 Å². The second-order valence-corrected chi connectivity index (χ2v) is 5.34. The largest absolute Gasteiger partial charge is 0.441 e. The minimum Gasteiger partial charge on any atom is -0.441 e. The third kappa shape index (κ3) is 3.07. The van der Waals surface area contributed by atoms with Gasteiger partial charge in [0.1, 0.15) is 5.52 Å². The van der Waals surface area contributed by atoms with Gasteiger partial charge in [0.15, 0.2) is 11.5 Å². The smallest absolute Gasteiger partial charge is 0.195 e. The van der Waals surface area contributed by atoms with Crippen LogP contribution in [-0.2, 0) is 6.42 Å². The molecule has 2 aromatic carbocycles. The number of fused-ring (bicyclic) bond motifs is 1. The lowest BCUT2D eigenvalue weighted by molar-refractivity contribution is 0.538. The molecular formula is C18H20N2O. The summed E-state index contributed by atoms with van der Waals surface area (Å²) in [5.74, 6) is 1.25. The number of nitrogens with zero attached hydrogens (tertiary/aromatic N) is 1. The van der Waals surface area contributed by atoms with E-state index in [1.54, 1.807) is 0 Å². The number of benzene rings is 2. The third-order valence-corrected chi connectivity index (χ3v) is 3.72. The Bertz CT molecular complexity index is 718. The van der Waals surface area contributed by atoms with Gasteiger partial charge in [0.2, 0.25) is 0 Å². The Kier molecular flexibility index (Phi) is 3.91. The lowest BCUT2D eigenvalue weighted by atomic mass is 10.0. The van der Waals surface area contributed by atoms with Crippen LogP contribution in [-0.4, -0.2) is 11.5 Å². The summed E-state index contributed by atoms with van der Waals surface area (Å²) in [4.78, 5) is 4.47. The van der Waals surface area contributed by atoms with Crippen molar-refractivity contribution in [3.05, 3.63) is 60.0 Å². The molecule has 0 spiro atoms. The molecule has 3 aromatic rings. The molecular weight excluding hydrogens is 260 g/mol. The summed E-state index contributed by atoms with van der Waals surface area (Å²) in [7, 11) is 0. The number of oxazole rings is 1. The summed E-state index contributed by atoms with van der Waals surface area (Å²) in [5.41, 5.74) is 4.21. The van der Waals surface area contributed by atoms with Crippen molar-refractivity contribution in [2.24, 2.45) is 0 Å². The molecule has 0 saturated heterocycles. The SMILES string of the molecule is CCc1nc2cc(NCC(C)c3ccccc3)ccc2o1. The Labute approximate surface area is 125 Å². The molecule has 0 amide bonds. The molecule has 0 radical (unpaired) electrons. The summed E-state index contributed by atoms with van der Waals surface area (Å²) in [6.45, 7) is 5.17. The highest BCUT2D eigenvalue weighted by atomic mass is 16.3. The predicted octanol–water partition coefficient (Wildman–Crippen LogP) is 4.61. The molecule has 1 aromatic heterocycles. The van der Waals surface area contributed by atoms with Gasteiger partial charge in [-0.25, -0.2) is 4.98 Å². The minimum atomic E-state index is 0.463. The molecule has 0 aliphatic rings. The number of anilines is 1. The van der Waals surface area contributed by atoms with Gasteiger partial charge in [0.25, 0.3) is 0 Å². The van der Waals surface area contributed by atoms with E-state index in [1.165, 1.54) is 5.56 Å². The molecule has 3 heteroatoms. The van der Waals surface area contributed by atoms with E-state index in [-0.39, 0.29) is 0 Å². The number of nitrogens with one attached hydrogen (secondary N) is 1. The number of aryl methyl sites for hydroxylation is 1. The van der Waals surface area contributed by atoms with Crippen LogP contribution in [0.25, 0.3) is 11.1 Å². The highest BCUT2D eigenvalue weighted by Crippen LogP contribution is 2.21. The Hall–Kier alpha value is -2.29. The first kappa shape index (κ1) is 13.7. The highest BCUT2D eigenvalue weighted by molar-refractivity contribution is 5.77. The summed E-state index contributed by atoms with van der Waals surface area (Å²) in [6, 6.07) is 16.6. The lowest BCUT2D eigenvalue weighted by Gasteiger charge is -2.13. The molecule has 3 nitrogen and oxygen atoms in total. The molecule has 1 atom stereocenters. The highest BCUT2D eigenvalue weighted by Gasteiger charge is 2.07. The molecule has 1 unspecified atom stereocenters. The summed E-state index contributed by atoms with van der Waals surface area (Å²) in [5, 5.41) is 3.48. The minimum absolute atomic E-state index is 0.463. The van der Waals surface area contributed by atoms with Gasteiger partial charge in [-0.3, -0.25) is 0 Å². The van der Waals surface area contributed by atoms with Crippen LogP contribution in [0.3, 0.4) is 0 Å². The first-order valence-corrected chi connectivity index (χ1v) is 7.44. The van der Waals surface area contributed by atoms with E-state index in [0.29, 0.717) is 5.92 Å². The van der Waals surface area contributed by atoms with Gasteiger partial charge in [0, 0.05) is 18.7 Å². The van der Waals surface area contributed by atoms with Crippen molar-refractivity contribution in [3.63, 3.8) is 0 Å². The van der Waals surface area contributed by atoms with Crippen LogP contribution in [0.4, 0.5) is 5.69 Å². The van der Waals surface area contributed by atoms with E-state index >= 15 is 0 Å². The first-order chi connectivity index (χ1) is 10.3. The molecule has 0 aliphatic heterocycles. The van der Waals surface area contributed by atoms with Crippen LogP contribution >= 0.6 is 0 Å². The maximum Gasteiger partial charge on any atom is 0.195 e. The Morgan fingerprint density at radius 2 is 1.95 bits per heavy atom. The molecule has 21 heavy (non-hydrogen) atoms. The van der Waals surface area contributed by atoms with Crippen LogP contribution < -0.4 is 5.32 Å². The van der Waals surface area contributed by atoms with Crippen LogP contribution in [0.2, 0.25) is 0 Å². The van der Waals surface area contributed by atoms with Crippen molar-refractivity contribution in [2.45, 2.75) is 26.2 Å². The van der Waals surface area contributed by atoms with Crippen LogP contribution in [0.1, 0.15) is 31.2 Å². The van der Waals surface area contributed by atoms with Crippen LogP contribution in [0, 0.1) is 0 Å². The topological polar surface area (TPSA) is 38.1 Å². The monoisotopic (exact) mass is 280 g/mol. The summed E-state index contributed by atoms with van der Waals surface area (Å²) in [6.07, 6.45) is 0.822. The number of hydrogen-bond acceptors (Lipinski definition) is 3. The van der Waals surface area contributed by atoms with E-state index in [2.05, 4.69) is 47.6 Å². The average molecular weight is 280 g/mol. The van der Waals surface area contributed by atoms with E-state index < -0.39 is 0 Å². The molecule has 1 heterocycles. The molecule has 0 saturated carbocycles. The molecule has 0 fully saturated rings. The third-order valence-electron chi connectivity index (χ3n) is 3.72. The number of hydrogen-bond donors (Lipinski definition) is 1. The summed E-state index contributed by atoms with van der Waals surface area (Å²) >= 11 is 0. The van der Waals surface area contributed by atoms with Gasteiger partial charge in [-0.05, 0) is 29.7 Å². The fourth-order valence-electron chi connectivity index (χ4n) is 2.41. The van der Waals surface area contributed by atoms with Crippen molar-refractivity contribution in [1.29, 1.82) is 0 Å². The van der Waals surface area contributed by atoms with E-state index in [9.17, 15) is 0 Å². The van der Waals surface area contributed by atoms with Crippen molar-refractivity contribution >= 4 is 16.8 Å². The quantitative estimate of drug-likeness (QED) is 0.742. The molecule has 3 rings (SSSR count). The standard InChI is InChI=1S/C18H20N2O/c1-3-18-20-16-11-15(9-10-17(16)21-18)19-12-13(2)14-7-5-4-6-8-14/h4-11,13,19H,3,12H2,1-2H3. The molecule has 0 aliphatic carbocycles. The Morgan fingerprint density at radius 3 is 2.71 bits per heavy atom.